The molecule has 4 aromatic rings. The Labute approximate surface area is 188 Å². The highest BCUT2D eigenvalue weighted by Crippen LogP contribution is 2.43. The minimum atomic E-state index is -0.486. The fourth-order valence-electron chi connectivity index (χ4n) is 5.55. The largest absolute Gasteiger partial charge is 0.475 e. The van der Waals surface area contributed by atoms with E-state index in [1.165, 1.54) is 6.33 Å². The molecule has 3 aliphatic rings. The molecule has 2 aromatic carbocycles. The van der Waals surface area contributed by atoms with E-state index in [-0.39, 0.29) is 17.3 Å². The maximum Gasteiger partial charge on any atom is 0.227 e. The molecule has 2 fully saturated rings. The van der Waals surface area contributed by atoms with Gasteiger partial charge >= 0.3 is 0 Å². The first-order chi connectivity index (χ1) is 15.7. The van der Waals surface area contributed by atoms with Gasteiger partial charge < -0.3 is 15.0 Å². The van der Waals surface area contributed by atoms with E-state index in [1.807, 2.05) is 30.3 Å². The van der Waals surface area contributed by atoms with E-state index in [0.29, 0.717) is 46.4 Å². The summed E-state index contributed by atoms with van der Waals surface area (Å²) in [6.45, 7) is 1.28. The Bertz CT molecular complexity index is 1410. The molecule has 7 rings (SSSR count). The Kier molecular flexibility index (Phi) is 3.90. The number of benzene rings is 2. The van der Waals surface area contributed by atoms with Crippen molar-refractivity contribution in [1.29, 1.82) is 0 Å². The highest BCUT2D eigenvalue weighted by Gasteiger charge is 2.43. The second-order valence-corrected chi connectivity index (χ2v) is 9.13. The highest BCUT2D eigenvalue weighted by atomic mass is 35.5. The standard InChI is InChI=1S/C24H19ClFN5O/c25-15-6-2-4-12-3-1-5-14(18(12)15)21-20(26)22-19-23(28-11-27-22)31-9-13-7-8-16(29-13)17(31)10-32-24(19)30-21/h1-6,11,13,16-17,29H,7-10H2/t13-,16+,17-/m1/s1. The first kappa shape index (κ1) is 18.5. The van der Waals surface area contributed by atoms with Crippen LogP contribution in [0.4, 0.5) is 10.2 Å². The van der Waals surface area contributed by atoms with Crippen LogP contribution in [0.2, 0.25) is 5.02 Å². The third-order valence-electron chi connectivity index (χ3n) is 7.00. The van der Waals surface area contributed by atoms with Gasteiger partial charge in [-0.1, -0.05) is 41.9 Å². The van der Waals surface area contributed by atoms with E-state index in [2.05, 4.69) is 25.2 Å². The van der Waals surface area contributed by atoms with Crippen molar-refractivity contribution in [2.75, 3.05) is 18.1 Å². The number of nitrogens with zero attached hydrogens (tertiary/aromatic N) is 4. The topological polar surface area (TPSA) is 63.2 Å². The molecule has 5 heterocycles. The minimum absolute atomic E-state index is 0.125. The summed E-state index contributed by atoms with van der Waals surface area (Å²) >= 11 is 6.52. The van der Waals surface area contributed by atoms with Crippen molar-refractivity contribution >= 4 is 39.1 Å². The highest BCUT2D eigenvalue weighted by molar-refractivity contribution is 6.36. The number of hydrogen-bond donors (Lipinski definition) is 1. The molecule has 6 nitrogen and oxygen atoms in total. The van der Waals surface area contributed by atoms with Crippen LogP contribution in [0.5, 0.6) is 5.88 Å². The van der Waals surface area contributed by atoms with Crippen molar-refractivity contribution in [2.45, 2.75) is 31.0 Å². The Morgan fingerprint density at radius 2 is 1.97 bits per heavy atom. The van der Waals surface area contributed by atoms with Crippen LogP contribution in [-0.4, -0.2) is 46.2 Å². The zero-order valence-corrected chi connectivity index (χ0v) is 17.8. The predicted molar refractivity (Wildman–Crippen MR) is 122 cm³/mol. The van der Waals surface area contributed by atoms with E-state index in [9.17, 15) is 0 Å². The van der Waals surface area contributed by atoms with E-state index in [4.69, 9.17) is 16.3 Å². The fourth-order valence-corrected chi connectivity index (χ4v) is 5.84. The number of halogens is 2. The second kappa shape index (κ2) is 6.73. The van der Waals surface area contributed by atoms with Crippen molar-refractivity contribution in [2.24, 2.45) is 0 Å². The van der Waals surface area contributed by atoms with Gasteiger partial charge in [-0.25, -0.2) is 19.3 Å². The number of fused-ring (bicyclic) bond motifs is 6. The Morgan fingerprint density at radius 1 is 1.09 bits per heavy atom. The van der Waals surface area contributed by atoms with Gasteiger partial charge in [0, 0.05) is 34.6 Å². The lowest BCUT2D eigenvalue weighted by molar-refractivity contribution is 0.238. The van der Waals surface area contributed by atoms with E-state index >= 15 is 4.39 Å². The van der Waals surface area contributed by atoms with Crippen LogP contribution in [0.1, 0.15) is 12.8 Å². The van der Waals surface area contributed by atoms with Gasteiger partial charge in [-0.3, -0.25) is 0 Å². The lowest BCUT2D eigenvalue weighted by Crippen LogP contribution is -2.60. The van der Waals surface area contributed by atoms with Crippen LogP contribution in [-0.2, 0) is 0 Å². The molecule has 0 saturated carbocycles. The van der Waals surface area contributed by atoms with Crippen LogP contribution in [0.25, 0.3) is 32.9 Å². The number of ether oxygens (including phenoxy) is 1. The number of hydrogen-bond acceptors (Lipinski definition) is 6. The number of rotatable bonds is 1. The zero-order valence-electron chi connectivity index (χ0n) is 17.1. The first-order valence-electron chi connectivity index (χ1n) is 10.9. The molecule has 8 heteroatoms. The number of anilines is 1. The van der Waals surface area contributed by atoms with E-state index in [1.54, 1.807) is 6.07 Å². The monoisotopic (exact) mass is 447 g/mol. The van der Waals surface area contributed by atoms with E-state index in [0.717, 1.165) is 30.2 Å². The van der Waals surface area contributed by atoms with Gasteiger partial charge in [0.15, 0.2) is 5.82 Å². The lowest BCUT2D eigenvalue weighted by Gasteiger charge is -2.40. The molecule has 0 aliphatic carbocycles. The molecule has 2 saturated heterocycles. The van der Waals surface area contributed by atoms with Crippen LogP contribution >= 0.6 is 11.6 Å². The molecular weight excluding hydrogens is 429 g/mol. The molecule has 0 amide bonds. The van der Waals surface area contributed by atoms with E-state index < -0.39 is 5.82 Å². The summed E-state index contributed by atoms with van der Waals surface area (Å²) in [5.74, 6) is 0.598. The first-order valence-corrected chi connectivity index (χ1v) is 11.2. The summed E-state index contributed by atoms with van der Waals surface area (Å²) in [7, 11) is 0. The number of pyridine rings is 1. The smallest absolute Gasteiger partial charge is 0.227 e. The number of nitrogens with one attached hydrogen (secondary N) is 1. The summed E-state index contributed by atoms with van der Waals surface area (Å²) in [5.41, 5.74) is 1.04. The molecule has 32 heavy (non-hydrogen) atoms. The summed E-state index contributed by atoms with van der Waals surface area (Å²) in [4.78, 5) is 15.8. The summed E-state index contributed by atoms with van der Waals surface area (Å²) < 4.78 is 22.2. The third kappa shape index (κ3) is 2.52. The van der Waals surface area contributed by atoms with Crippen molar-refractivity contribution in [3.8, 4) is 17.1 Å². The molecule has 3 atom stereocenters. The molecule has 160 valence electrons. The third-order valence-corrected chi connectivity index (χ3v) is 7.31. The summed E-state index contributed by atoms with van der Waals surface area (Å²) in [6.07, 6.45) is 3.67. The van der Waals surface area contributed by atoms with Gasteiger partial charge in [-0.05, 0) is 24.3 Å². The van der Waals surface area contributed by atoms with Gasteiger partial charge in [-0.15, -0.1) is 0 Å². The molecule has 2 bridgehead atoms. The molecule has 3 aliphatic heterocycles. The van der Waals surface area contributed by atoms with Crippen molar-refractivity contribution in [3.05, 3.63) is 53.6 Å². The van der Waals surface area contributed by atoms with Crippen molar-refractivity contribution in [3.63, 3.8) is 0 Å². The lowest BCUT2D eigenvalue weighted by atomic mass is 10.0. The Hall–Kier alpha value is -3.03. The van der Waals surface area contributed by atoms with Crippen molar-refractivity contribution in [1.82, 2.24) is 20.3 Å². The minimum Gasteiger partial charge on any atom is -0.475 e. The molecule has 0 spiro atoms. The van der Waals surface area contributed by atoms with Gasteiger partial charge in [0.1, 0.15) is 35.3 Å². The maximum absolute atomic E-state index is 16.0. The molecule has 1 N–H and O–H groups in total. The molecule has 0 unspecified atom stereocenters. The molecular formula is C24H19ClFN5O. The second-order valence-electron chi connectivity index (χ2n) is 8.72. The predicted octanol–water partition coefficient (Wildman–Crippen LogP) is 4.34. The van der Waals surface area contributed by atoms with Crippen LogP contribution in [0, 0.1) is 5.82 Å². The van der Waals surface area contributed by atoms with Crippen LogP contribution in [0.3, 0.4) is 0 Å². The van der Waals surface area contributed by atoms with Crippen LogP contribution < -0.4 is 15.0 Å². The average molecular weight is 448 g/mol. The van der Waals surface area contributed by atoms with Crippen molar-refractivity contribution < 1.29 is 9.13 Å². The molecule has 2 aromatic heterocycles. The number of aromatic nitrogens is 3. The normalized spacial score (nSPS) is 23.8. The quantitative estimate of drug-likeness (QED) is 0.468. The Morgan fingerprint density at radius 3 is 2.88 bits per heavy atom. The molecule has 0 radical (unpaired) electrons. The average Bonchev–Trinajstić information content (AvgIpc) is 3.12. The van der Waals surface area contributed by atoms with Gasteiger partial charge in [0.05, 0.1) is 6.04 Å². The summed E-state index contributed by atoms with van der Waals surface area (Å²) in [5, 5.41) is 6.45. The maximum atomic E-state index is 16.0. The summed E-state index contributed by atoms with van der Waals surface area (Å²) in [6, 6.07) is 12.2. The number of piperazine rings is 1. The SMILES string of the molecule is Fc1c(-c2cccc3cccc(Cl)c23)nc2c3c(ncnc13)N1C[C@H]3CC[C@H](N3)[C@H]1CO2. The fraction of sp³-hybridized carbons (Fsp3) is 0.292. The van der Waals surface area contributed by atoms with Gasteiger partial charge in [0.25, 0.3) is 0 Å². The van der Waals surface area contributed by atoms with Gasteiger partial charge in [-0.2, -0.15) is 0 Å². The van der Waals surface area contributed by atoms with Crippen LogP contribution in [0.15, 0.2) is 42.7 Å². The van der Waals surface area contributed by atoms with Gasteiger partial charge in [0.2, 0.25) is 5.88 Å². The zero-order chi connectivity index (χ0) is 21.4. The Balaban J connectivity index is 1.49.